The Hall–Kier alpha value is -0.160. The van der Waals surface area contributed by atoms with Gasteiger partial charge < -0.3 is 19.8 Å². The summed E-state index contributed by atoms with van der Waals surface area (Å²) >= 11 is 0. The first-order valence-corrected chi connectivity index (χ1v) is 4.20. The Labute approximate surface area is 72.7 Å². The molecule has 0 unspecified atom stereocenters. The van der Waals surface area contributed by atoms with Crippen molar-refractivity contribution < 1.29 is 14.9 Å². The van der Waals surface area contributed by atoms with Crippen LogP contribution in [-0.2, 0) is 4.74 Å². The topological polar surface area (TPSA) is 52.9 Å². The van der Waals surface area contributed by atoms with Gasteiger partial charge in [-0.2, -0.15) is 0 Å². The van der Waals surface area contributed by atoms with Gasteiger partial charge in [0.2, 0.25) is 0 Å². The van der Waals surface area contributed by atoms with E-state index in [1.165, 1.54) is 0 Å². The average Bonchev–Trinajstić information content (AvgIpc) is 1.96. The van der Waals surface area contributed by atoms with E-state index in [-0.39, 0.29) is 12.1 Å². The molecule has 0 bridgehead atoms. The largest absolute Gasteiger partial charge is 0.389 e. The third kappa shape index (κ3) is 1.95. The minimum atomic E-state index is -0.740. The first kappa shape index (κ1) is 9.92. The molecule has 0 aliphatic carbocycles. The summed E-state index contributed by atoms with van der Waals surface area (Å²) in [6.07, 6.45) is -1.07. The molecule has 1 rings (SSSR count). The Balaban J connectivity index is 2.60. The van der Waals surface area contributed by atoms with Crippen molar-refractivity contribution >= 4 is 0 Å². The summed E-state index contributed by atoms with van der Waals surface area (Å²) in [7, 11) is 3.78. The number of nitrogens with zero attached hydrogens (tertiary/aromatic N) is 1. The summed E-state index contributed by atoms with van der Waals surface area (Å²) in [5.74, 6) is 0. The van der Waals surface area contributed by atoms with Gasteiger partial charge in [-0.15, -0.1) is 0 Å². The number of rotatable bonds is 1. The molecule has 1 fully saturated rings. The quantitative estimate of drug-likeness (QED) is 0.559. The monoisotopic (exact) mass is 175 g/mol. The van der Waals surface area contributed by atoms with Crippen LogP contribution in [0.25, 0.3) is 0 Å². The van der Waals surface area contributed by atoms with Crippen LogP contribution in [-0.4, -0.2) is 53.7 Å². The van der Waals surface area contributed by atoms with E-state index in [1.54, 1.807) is 6.92 Å². The summed E-state index contributed by atoms with van der Waals surface area (Å²) in [5.41, 5.74) is 0. The lowest BCUT2D eigenvalue weighted by Gasteiger charge is -2.39. The standard InChI is InChI=1S/C8H17NO3/c1-5-8(11)6(9(2)3)4-7(10)12-5/h5-8,10-11H,4H2,1-3H3/t5-,6-,7+,8+/m1/s1. The maximum absolute atomic E-state index is 9.65. The second-order valence-electron chi connectivity index (χ2n) is 3.55. The molecule has 0 aromatic rings. The van der Waals surface area contributed by atoms with Crippen LogP contribution in [0.4, 0.5) is 0 Å². The zero-order valence-electron chi connectivity index (χ0n) is 7.77. The molecule has 0 aromatic carbocycles. The Bertz CT molecular complexity index is 151. The van der Waals surface area contributed by atoms with E-state index in [0.29, 0.717) is 6.42 Å². The van der Waals surface area contributed by atoms with Crippen molar-refractivity contribution in [3.05, 3.63) is 0 Å². The summed E-state index contributed by atoms with van der Waals surface area (Å²) in [5, 5.41) is 18.9. The van der Waals surface area contributed by atoms with Gasteiger partial charge in [0.25, 0.3) is 0 Å². The third-order valence-corrected chi connectivity index (χ3v) is 2.35. The van der Waals surface area contributed by atoms with Gasteiger partial charge in [-0.1, -0.05) is 0 Å². The highest BCUT2D eigenvalue weighted by Gasteiger charge is 2.35. The van der Waals surface area contributed by atoms with Crippen molar-refractivity contribution in [3.63, 3.8) is 0 Å². The SMILES string of the molecule is C[C@H]1O[C@H](O)C[C@@H](N(C)C)[C@H]1O. The first-order chi connectivity index (χ1) is 5.52. The summed E-state index contributed by atoms with van der Waals surface area (Å²) in [6, 6.07) is -0.0104. The summed E-state index contributed by atoms with van der Waals surface area (Å²) in [4.78, 5) is 1.91. The lowest BCUT2D eigenvalue weighted by atomic mass is 9.99. The van der Waals surface area contributed by atoms with Crippen LogP contribution in [0.1, 0.15) is 13.3 Å². The van der Waals surface area contributed by atoms with E-state index in [2.05, 4.69) is 0 Å². The van der Waals surface area contributed by atoms with Crippen LogP contribution < -0.4 is 0 Å². The van der Waals surface area contributed by atoms with Crippen LogP contribution >= 0.6 is 0 Å². The van der Waals surface area contributed by atoms with Crippen LogP contribution in [0.5, 0.6) is 0 Å². The number of likely N-dealkylation sites (N-methyl/N-ethyl adjacent to an activating group) is 1. The highest BCUT2D eigenvalue weighted by molar-refractivity contribution is 4.85. The number of hydrogen-bond donors (Lipinski definition) is 2. The molecule has 0 radical (unpaired) electrons. The maximum Gasteiger partial charge on any atom is 0.156 e. The Kier molecular flexibility index (Phi) is 3.06. The molecule has 4 nitrogen and oxygen atoms in total. The van der Waals surface area contributed by atoms with E-state index < -0.39 is 12.4 Å². The van der Waals surface area contributed by atoms with Gasteiger partial charge >= 0.3 is 0 Å². The van der Waals surface area contributed by atoms with Gasteiger partial charge in [-0.05, 0) is 21.0 Å². The molecule has 2 N–H and O–H groups in total. The molecule has 4 atom stereocenters. The number of aliphatic hydroxyl groups is 2. The fourth-order valence-electron chi connectivity index (χ4n) is 1.56. The van der Waals surface area contributed by atoms with E-state index in [1.807, 2.05) is 19.0 Å². The minimum absolute atomic E-state index is 0.0104. The second-order valence-corrected chi connectivity index (χ2v) is 3.55. The fraction of sp³-hybridized carbons (Fsp3) is 1.00. The number of aliphatic hydroxyl groups excluding tert-OH is 2. The smallest absolute Gasteiger partial charge is 0.156 e. The first-order valence-electron chi connectivity index (χ1n) is 4.20. The number of hydrogen-bond acceptors (Lipinski definition) is 4. The molecular formula is C8H17NO3. The van der Waals surface area contributed by atoms with Crippen molar-refractivity contribution in [2.45, 2.75) is 37.9 Å². The second kappa shape index (κ2) is 3.70. The van der Waals surface area contributed by atoms with E-state index in [4.69, 9.17) is 4.74 Å². The Morgan fingerprint density at radius 3 is 2.42 bits per heavy atom. The highest BCUT2D eigenvalue weighted by Crippen LogP contribution is 2.21. The van der Waals surface area contributed by atoms with Crippen LogP contribution in [0.3, 0.4) is 0 Å². The normalized spacial score (nSPS) is 43.5. The predicted octanol–water partition coefficient (Wildman–Crippen LogP) is -0.595. The van der Waals surface area contributed by atoms with Gasteiger partial charge in [0.05, 0.1) is 12.2 Å². The molecule has 0 saturated carbocycles. The van der Waals surface area contributed by atoms with E-state index in [9.17, 15) is 10.2 Å². The molecule has 1 saturated heterocycles. The molecule has 0 amide bonds. The molecule has 1 aliphatic heterocycles. The number of ether oxygens (including phenoxy) is 1. The Morgan fingerprint density at radius 1 is 1.33 bits per heavy atom. The fourth-order valence-corrected chi connectivity index (χ4v) is 1.56. The summed E-state index contributed by atoms with van der Waals surface area (Å²) in [6.45, 7) is 1.77. The van der Waals surface area contributed by atoms with Gasteiger partial charge in [0.15, 0.2) is 6.29 Å². The zero-order chi connectivity index (χ0) is 9.30. The minimum Gasteiger partial charge on any atom is -0.389 e. The van der Waals surface area contributed by atoms with Gasteiger partial charge in [-0.25, -0.2) is 0 Å². The van der Waals surface area contributed by atoms with Crippen molar-refractivity contribution in [3.8, 4) is 0 Å². The molecule has 0 aromatic heterocycles. The molecule has 12 heavy (non-hydrogen) atoms. The van der Waals surface area contributed by atoms with Crippen molar-refractivity contribution in [2.75, 3.05) is 14.1 Å². The highest BCUT2D eigenvalue weighted by atomic mass is 16.6. The Morgan fingerprint density at radius 2 is 1.92 bits per heavy atom. The van der Waals surface area contributed by atoms with E-state index >= 15 is 0 Å². The lowest BCUT2D eigenvalue weighted by Crippen LogP contribution is -2.52. The van der Waals surface area contributed by atoms with Crippen LogP contribution in [0.15, 0.2) is 0 Å². The van der Waals surface area contributed by atoms with Crippen LogP contribution in [0.2, 0.25) is 0 Å². The summed E-state index contributed by atoms with van der Waals surface area (Å²) < 4.78 is 5.06. The molecular weight excluding hydrogens is 158 g/mol. The van der Waals surface area contributed by atoms with Gasteiger partial charge in [-0.3, -0.25) is 0 Å². The zero-order valence-corrected chi connectivity index (χ0v) is 7.77. The van der Waals surface area contributed by atoms with E-state index in [0.717, 1.165) is 0 Å². The third-order valence-electron chi connectivity index (χ3n) is 2.35. The average molecular weight is 175 g/mol. The molecule has 0 spiro atoms. The molecule has 4 heteroatoms. The molecule has 1 aliphatic rings. The predicted molar refractivity (Wildman–Crippen MR) is 44.7 cm³/mol. The maximum atomic E-state index is 9.65. The van der Waals surface area contributed by atoms with Crippen molar-refractivity contribution in [1.82, 2.24) is 4.90 Å². The van der Waals surface area contributed by atoms with Gasteiger partial charge in [0, 0.05) is 12.5 Å². The van der Waals surface area contributed by atoms with Crippen LogP contribution in [0, 0.1) is 0 Å². The lowest BCUT2D eigenvalue weighted by molar-refractivity contribution is -0.212. The molecule has 72 valence electrons. The molecule has 1 heterocycles. The van der Waals surface area contributed by atoms with Crippen molar-refractivity contribution in [1.29, 1.82) is 0 Å². The van der Waals surface area contributed by atoms with Crippen molar-refractivity contribution in [2.24, 2.45) is 0 Å². The van der Waals surface area contributed by atoms with Gasteiger partial charge in [0.1, 0.15) is 0 Å².